The molecule has 1 rings (SSSR count). The summed E-state index contributed by atoms with van der Waals surface area (Å²) in [5, 5.41) is 8.68. The molecule has 76 valence electrons. The molecule has 0 unspecified atom stereocenters. The van der Waals surface area contributed by atoms with Crippen LogP contribution >= 0.6 is 0 Å². The zero-order valence-corrected chi connectivity index (χ0v) is 8.90. The number of hydrogen-bond acceptors (Lipinski definition) is 2. The van der Waals surface area contributed by atoms with Crippen LogP contribution in [-0.4, -0.2) is 13.1 Å². The molecule has 0 aliphatic carbocycles. The molecule has 0 fully saturated rings. The van der Waals surface area contributed by atoms with Crippen LogP contribution in [0.4, 0.5) is 5.69 Å². The van der Waals surface area contributed by atoms with Crippen molar-refractivity contribution in [2.75, 3.05) is 18.0 Å². The van der Waals surface area contributed by atoms with Gasteiger partial charge in [0.2, 0.25) is 0 Å². The molecule has 0 amide bonds. The molecule has 2 heteroatoms. The van der Waals surface area contributed by atoms with Gasteiger partial charge in [0.25, 0.3) is 0 Å². The lowest BCUT2D eigenvalue weighted by molar-refractivity contribution is 0.823. The first-order valence-electron chi connectivity index (χ1n) is 5.00. The fourth-order valence-electron chi connectivity index (χ4n) is 1.43. The number of nitriles is 1. The fourth-order valence-corrected chi connectivity index (χ4v) is 1.43. The van der Waals surface area contributed by atoms with Crippen LogP contribution in [0.2, 0.25) is 0 Å². The van der Waals surface area contributed by atoms with E-state index in [-0.39, 0.29) is 0 Å². The number of anilines is 1. The average Bonchev–Trinajstić information content (AvgIpc) is 2.29. The molecular weight excluding hydrogens is 184 g/mol. The van der Waals surface area contributed by atoms with E-state index >= 15 is 0 Å². The summed E-state index contributed by atoms with van der Waals surface area (Å²) in [6.45, 7) is 3.67. The summed E-state index contributed by atoms with van der Waals surface area (Å²) in [5.41, 5.74) is 1.75. The van der Waals surface area contributed by atoms with Crippen molar-refractivity contribution in [2.45, 2.75) is 13.3 Å². The fraction of sp³-hybridized carbons (Fsp3) is 0.308. The lowest BCUT2D eigenvalue weighted by Gasteiger charge is -2.21. The Kier molecular flexibility index (Phi) is 4.26. The largest absolute Gasteiger partial charge is 0.360 e. The van der Waals surface area contributed by atoms with Crippen molar-refractivity contribution in [3.63, 3.8) is 0 Å². The Labute approximate surface area is 91.1 Å². The lowest BCUT2D eigenvalue weighted by atomic mass is 10.2. The van der Waals surface area contributed by atoms with Crippen LogP contribution < -0.4 is 4.90 Å². The zero-order valence-electron chi connectivity index (χ0n) is 8.90. The molecule has 0 aliphatic rings. The highest BCUT2D eigenvalue weighted by atomic mass is 15.1. The number of rotatable bonds is 4. The maximum atomic E-state index is 8.68. The Morgan fingerprint density at radius 2 is 2.00 bits per heavy atom. The topological polar surface area (TPSA) is 27.0 Å². The molecule has 0 bridgehead atoms. The summed E-state index contributed by atoms with van der Waals surface area (Å²) >= 11 is 0. The van der Waals surface area contributed by atoms with E-state index in [1.165, 1.54) is 0 Å². The van der Waals surface area contributed by atoms with Gasteiger partial charge in [-0.15, -0.1) is 6.42 Å². The van der Waals surface area contributed by atoms with E-state index in [2.05, 4.69) is 23.8 Å². The SMILES string of the molecule is C#CCN(CCC)c1ccc(C#N)cc1. The van der Waals surface area contributed by atoms with E-state index in [1.54, 1.807) is 0 Å². The Hall–Kier alpha value is -1.93. The quantitative estimate of drug-likeness (QED) is 0.695. The van der Waals surface area contributed by atoms with E-state index < -0.39 is 0 Å². The van der Waals surface area contributed by atoms with Gasteiger partial charge in [-0.2, -0.15) is 5.26 Å². The molecule has 0 heterocycles. The third-order valence-corrected chi connectivity index (χ3v) is 2.14. The van der Waals surface area contributed by atoms with Gasteiger partial charge in [0.05, 0.1) is 18.2 Å². The van der Waals surface area contributed by atoms with Crippen molar-refractivity contribution < 1.29 is 0 Å². The van der Waals surface area contributed by atoms with Gasteiger partial charge >= 0.3 is 0 Å². The number of hydrogen-bond donors (Lipinski definition) is 0. The van der Waals surface area contributed by atoms with E-state index in [1.807, 2.05) is 24.3 Å². The van der Waals surface area contributed by atoms with Crippen molar-refractivity contribution in [3.8, 4) is 18.4 Å². The molecule has 0 N–H and O–H groups in total. The number of benzene rings is 1. The lowest BCUT2D eigenvalue weighted by Crippen LogP contribution is -2.24. The second-order valence-corrected chi connectivity index (χ2v) is 3.28. The monoisotopic (exact) mass is 198 g/mol. The van der Waals surface area contributed by atoms with Gasteiger partial charge in [-0.25, -0.2) is 0 Å². The Balaban J connectivity index is 2.83. The van der Waals surface area contributed by atoms with E-state index in [4.69, 9.17) is 11.7 Å². The molecule has 1 aromatic rings. The Bertz CT molecular complexity index is 378. The smallest absolute Gasteiger partial charge is 0.0991 e. The van der Waals surface area contributed by atoms with Crippen molar-refractivity contribution >= 4 is 5.69 Å². The first kappa shape index (κ1) is 11.1. The van der Waals surface area contributed by atoms with Gasteiger partial charge in [-0.05, 0) is 30.7 Å². The minimum absolute atomic E-state index is 0.611. The maximum Gasteiger partial charge on any atom is 0.0991 e. The summed E-state index contributed by atoms with van der Waals surface area (Å²) in [5.74, 6) is 2.64. The number of nitrogens with zero attached hydrogens (tertiary/aromatic N) is 2. The van der Waals surface area contributed by atoms with Gasteiger partial charge < -0.3 is 4.90 Å². The standard InChI is InChI=1S/C13H14N2/c1-3-9-15(10-4-2)13-7-5-12(11-14)6-8-13/h1,5-8H,4,9-10H2,2H3. The maximum absolute atomic E-state index is 8.68. The second kappa shape index (κ2) is 5.73. The van der Waals surface area contributed by atoms with Crippen LogP contribution in [0.15, 0.2) is 24.3 Å². The molecule has 0 spiro atoms. The normalized spacial score (nSPS) is 9.00. The van der Waals surface area contributed by atoms with E-state index in [0.717, 1.165) is 18.7 Å². The summed E-state index contributed by atoms with van der Waals surface area (Å²) in [7, 11) is 0. The van der Waals surface area contributed by atoms with Gasteiger partial charge in [-0.1, -0.05) is 12.8 Å². The van der Waals surface area contributed by atoms with E-state index in [9.17, 15) is 0 Å². The molecule has 0 radical (unpaired) electrons. The molecule has 0 atom stereocenters. The summed E-state index contributed by atoms with van der Waals surface area (Å²) in [6, 6.07) is 9.60. The van der Waals surface area contributed by atoms with Crippen LogP contribution in [0.25, 0.3) is 0 Å². The Morgan fingerprint density at radius 1 is 1.33 bits per heavy atom. The third kappa shape index (κ3) is 3.04. The highest BCUT2D eigenvalue weighted by Crippen LogP contribution is 2.14. The van der Waals surface area contributed by atoms with Gasteiger partial charge in [0.15, 0.2) is 0 Å². The molecule has 0 saturated heterocycles. The summed E-state index contributed by atoms with van der Waals surface area (Å²) in [4.78, 5) is 2.13. The van der Waals surface area contributed by atoms with E-state index in [0.29, 0.717) is 12.1 Å². The molecule has 15 heavy (non-hydrogen) atoms. The number of terminal acetylenes is 1. The van der Waals surface area contributed by atoms with Crippen LogP contribution in [0, 0.1) is 23.7 Å². The molecule has 0 saturated carbocycles. The summed E-state index contributed by atoms with van der Waals surface area (Å²) < 4.78 is 0. The molecule has 2 nitrogen and oxygen atoms in total. The zero-order chi connectivity index (χ0) is 11.1. The predicted octanol–water partition coefficient (Wildman–Crippen LogP) is 2.41. The first-order valence-corrected chi connectivity index (χ1v) is 5.00. The van der Waals surface area contributed by atoms with Crippen molar-refractivity contribution in [2.24, 2.45) is 0 Å². The first-order chi connectivity index (χ1) is 7.31. The van der Waals surface area contributed by atoms with Crippen LogP contribution in [0.3, 0.4) is 0 Å². The molecule has 0 aromatic heterocycles. The molecule has 0 aliphatic heterocycles. The minimum Gasteiger partial charge on any atom is -0.360 e. The van der Waals surface area contributed by atoms with Gasteiger partial charge in [0.1, 0.15) is 0 Å². The highest BCUT2D eigenvalue weighted by molar-refractivity contribution is 5.50. The van der Waals surface area contributed by atoms with Gasteiger partial charge in [0, 0.05) is 12.2 Å². The predicted molar refractivity (Wildman–Crippen MR) is 62.5 cm³/mol. The van der Waals surface area contributed by atoms with Crippen LogP contribution in [-0.2, 0) is 0 Å². The van der Waals surface area contributed by atoms with Crippen LogP contribution in [0.5, 0.6) is 0 Å². The van der Waals surface area contributed by atoms with Crippen molar-refractivity contribution in [1.29, 1.82) is 5.26 Å². The Morgan fingerprint density at radius 3 is 2.47 bits per heavy atom. The summed E-state index contributed by atoms with van der Waals surface area (Å²) in [6.07, 6.45) is 6.37. The molecule has 1 aromatic carbocycles. The van der Waals surface area contributed by atoms with Gasteiger partial charge in [-0.3, -0.25) is 0 Å². The average molecular weight is 198 g/mol. The van der Waals surface area contributed by atoms with Crippen LogP contribution in [0.1, 0.15) is 18.9 Å². The van der Waals surface area contributed by atoms with Crippen molar-refractivity contribution in [1.82, 2.24) is 0 Å². The second-order valence-electron chi connectivity index (χ2n) is 3.28. The van der Waals surface area contributed by atoms with Crippen molar-refractivity contribution in [3.05, 3.63) is 29.8 Å². The minimum atomic E-state index is 0.611. The molecular formula is C13H14N2. The third-order valence-electron chi connectivity index (χ3n) is 2.14. The highest BCUT2D eigenvalue weighted by Gasteiger charge is 2.03.